The Hall–Kier alpha value is -0.970. The van der Waals surface area contributed by atoms with E-state index in [1.165, 1.54) is 11.3 Å². The molecule has 0 N–H and O–H groups in total. The quantitative estimate of drug-likeness (QED) is 0.771. The van der Waals surface area contributed by atoms with Crippen molar-refractivity contribution in [1.82, 2.24) is 9.88 Å². The number of piperidine rings is 1. The molecule has 3 nitrogen and oxygen atoms in total. The Morgan fingerprint density at radius 3 is 2.65 bits per heavy atom. The van der Waals surface area contributed by atoms with Gasteiger partial charge < -0.3 is 4.90 Å². The number of thiazole rings is 1. The first-order valence-corrected chi connectivity index (χ1v) is 6.92. The summed E-state index contributed by atoms with van der Waals surface area (Å²) in [4.78, 5) is 18.4. The lowest BCUT2D eigenvalue weighted by Gasteiger charge is -2.35. The fourth-order valence-electron chi connectivity index (χ4n) is 3.04. The summed E-state index contributed by atoms with van der Waals surface area (Å²) in [6, 6.07) is 0.191. The Labute approximate surface area is 104 Å². The number of fused-ring (bicyclic) bond motifs is 2. The molecule has 1 aromatic rings. The Morgan fingerprint density at radius 1 is 1.47 bits per heavy atom. The number of halogens is 1. The summed E-state index contributed by atoms with van der Waals surface area (Å²) in [6.45, 7) is 1.89. The summed E-state index contributed by atoms with van der Waals surface area (Å²) in [5, 5.41) is 2.71. The zero-order valence-electron chi connectivity index (χ0n) is 9.73. The van der Waals surface area contributed by atoms with Crippen molar-refractivity contribution in [2.75, 3.05) is 0 Å². The van der Waals surface area contributed by atoms with E-state index in [-0.39, 0.29) is 18.0 Å². The highest BCUT2D eigenvalue weighted by molar-refractivity contribution is 7.09. The minimum atomic E-state index is -0.728. The molecule has 17 heavy (non-hydrogen) atoms. The highest BCUT2D eigenvalue weighted by atomic mass is 32.1. The predicted molar refractivity (Wildman–Crippen MR) is 64.0 cm³/mol. The molecule has 3 rings (SSSR count). The van der Waals surface area contributed by atoms with Gasteiger partial charge in [0.1, 0.15) is 11.9 Å². The molecule has 0 radical (unpaired) electrons. The number of nitrogens with zero attached hydrogens (tertiary/aromatic N) is 2. The summed E-state index contributed by atoms with van der Waals surface area (Å²) in [5.74, 6) is -0.00579. The first-order chi connectivity index (χ1) is 8.15. The molecule has 2 unspecified atom stereocenters. The molecule has 5 heteroatoms. The maximum Gasteiger partial charge on any atom is 0.273 e. The van der Waals surface area contributed by atoms with Crippen molar-refractivity contribution in [3.63, 3.8) is 0 Å². The van der Waals surface area contributed by atoms with Crippen molar-refractivity contribution in [1.29, 1.82) is 0 Å². The predicted octanol–water partition coefficient (Wildman–Crippen LogP) is 2.56. The van der Waals surface area contributed by atoms with E-state index in [2.05, 4.69) is 4.98 Å². The molecule has 2 aliphatic heterocycles. The highest BCUT2D eigenvalue weighted by Gasteiger charge is 2.43. The van der Waals surface area contributed by atoms with Gasteiger partial charge in [0.05, 0.1) is 5.01 Å². The second-order valence-electron chi connectivity index (χ2n) is 4.92. The molecule has 0 spiro atoms. The first kappa shape index (κ1) is 11.1. The van der Waals surface area contributed by atoms with Crippen LogP contribution in [0, 0.1) is 6.92 Å². The third-order valence-corrected chi connectivity index (χ3v) is 4.52. The van der Waals surface area contributed by atoms with E-state index in [9.17, 15) is 9.18 Å². The van der Waals surface area contributed by atoms with Gasteiger partial charge in [0.2, 0.25) is 0 Å². The van der Waals surface area contributed by atoms with E-state index in [1.54, 1.807) is 5.38 Å². The molecule has 92 valence electrons. The molecule has 2 saturated heterocycles. The zero-order chi connectivity index (χ0) is 12.0. The molecule has 2 aliphatic rings. The summed E-state index contributed by atoms with van der Waals surface area (Å²) in [5.41, 5.74) is 0.529. The second kappa shape index (κ2) is 4.05. The molecule has 2 fully saturated rings. The molecule has 2 bridgehead atoms. The van der Waals surface area contributed by atoms with Crippen LogP contribution in [0.5, 0.6) is 0 Å². The van der Waals surface area contributed by atoms with Gasteiger partial charge in [-0.15, -0.1) is 11.3 Å². The molecule has 1 amide bonds. The van der Waals surface area contributed by atoms with Gasteiger partial charge in [0.25, 0.3) is 5.91 Å². The van der Waals surface area contributed by atoms with Crippen LogP contribution < -0.4 is 0 Å². The second-order valence-corrected chi connectivity index (χ2v) is 5.98. The highest BCUT2D eigenvalue weighted by Crippen LogP contribution is 2.37. The monoisotopic (exact) mass is 254 g/mol. The largest absolute Gasteiger partial charge is 0.331 e. The normalized spacial score (nSPS) is 31.9. The van der Waals surface area contributed by atoms with E-state index in [4.69, 9.17) is 0 Å². The van der Waals surface area contributed by atoms with Gasteiger partial charge >= 0.3 is 0 Å². The molecule has 0 saturated carbocycles. The number of carbonyl (C=O) groups is 1. The van der Waals surface area contributed by atoms with Gasteiger partial charge in [0.15, 0.2) is 0 Å². The van der Waals surface area contributed by atoms with Crippen molar-refractivity contribution in [3.8, 4) is 0 Å². The van der Waals surface area contributed by atoms with Gasteiger partial charge in [-0.25, -0.2) is 9.37 Å². The fraction of sp³-hybridized carbons (Fsp3) is 0.667. The van der Waals surface area contributed by atoms with Crippen LogP contribution in [0.1, 0.15) is 41.2 Å². The lowest BCUT2D eigenvalue weighted by molar-refractivity contribution is 0.0474. The van der Waals surface area contributed by atoms with E-state index >= 15 is 0 Å². The van der Waals surface area contributed by atoms with E-state index in [0.717, 1.165) is 17.8 Å². The molecular weight excluding hydrogens is 239 g/mol. The minimum absolute atomic E-state index is 0.00579. The Balaban J connectivity index is 1.83. The number of alkyl halides is 1. The maximum absolute atomic E-state index is 13.4. The summed E-state index contributed by atoms with van der Waals surface area (Å²) in [6.07, 6.45) is 2.17. The van der Waals surface area contributed by atoms with Crippen molar-refractivity contribution in [3.05, 3.63) is 16.1 Å². The van der Waals surface area contributed by atoms with Crippen LogP contribution >= 0.6 is 11.3 Å². The fourth-order valence-corrected chi connectivity index (χ4v) is 3.62. The van der Waals surface area contributed by atoms with Gasteiger partial charge in [0, 0.05) is 17.5 Å². The lowest BCUT2D eigenvalue weighted by atomic mass is 10.0. The number of rotatable bonds is 1. The van der Waals surface area contributed by atoms with Gasteiger partial charge in [-0.1, -0.05) is 0 Å². The molecule has 3 heterocycles. The molecule has 0 aromatic carbocycles. The number of hydrogen-bond acceptors (Lipinski definition) is 3. The average Bonchev–Trinajstić information content (AvgIpc) is 2.81. The van der Waals surface area contributed by atoms with Crippen molar-refractivity contribution >= 4 is 17.2 Å². The summed E-state index contributed by atoms with van der Waals surface area (Å²) < 4.78 is 13.4. The van der Waals surface area contributed by atoms with Crippen LogP contribution in [0.25, 0.3) is 0 Å². The van der Waals surface area contributed by atoms with Crippen LogP contribution in [0.3, 0.4) is 0 Å². The smallest absolute Gasteiger partial charge is 0.273 e. The van der Waals surface area contributed by atoms with E-state index in [1.807, 2.05) is 11.8 Å². The Morgan fingerprint density at radius 2 is 2.12 bits per heavy atom. The number of hydrogen-bond donors (Lipinski definition) is 0. The maximum atomic E-state index is 13.4. The van der Waals surface area contributed by atoms with Crippen molar-refractivity contribution in [2.24, 2.45) is 0 Å². The summed E-state index contributed by atoms with van der Waals surface area (Å²) >= 11 is 1.49. The summed E-state index contributed by atoms with van der Waals surface area (Å²) in [7, 11) is 0. The molecule has 0 aliphatic carbocycles. The standard InChI is InChI=1S/C12H15FN2OS/c1-7-14-11(6-17-7)12(16)15-9-2-3-10(15)5-8(13)4-9/h6,8-10H,2-5H2,1H3. The lowest BCUT2D eigenvalue weighted by Crippen LogP contribution is -2.47. The van der Waals surface area contributed by atoms with Crippen LogP contribution in [0.15, 0.2) is 5.38 Å². The third-order valence-electron chi connectivity index (χ3n) is 3.75. The van der Waals surface area contributed by atoms with Crippen LogP contribution in [0.4, 0.5) is 4.39 Å². The van der Waals surface area contributed by atoms with Gasteiger partial charge in [-0.2, -0.15) is 0 Å². The first-order valence-electron chi connectivity index (χ1n) is 6.04. The SMILES string of the molecule is Cc1nc(C(=O)N2C3CCC2CC(F)C3)cs1. The van der Waals surface area contributed by atoms with Crippen LogP contribution in [-0.4, -0.2) is 34.0 Å². The van der Waals surface area contributed by atoms with E-state index < -0.39 is 6.17 Å². The zero-order valence-corrected chi connectivity index (χ0v) is 10.5. The molecule has 1 aromatic heterocycles. The van der Waals surface area contributed by atoms with Crippen LogP contribution in [-0.2, 0) is 0 Å². The minimum Gasteiger partial charge on any atom is -0.331 e. The van der Waals surface area contributed by atoms with Gasteiger partial charge in [-0.3, -0.25) is 4.79 Å². The van der Waals surface area contributed by atoms with Crippen molar-refractivity contribution < 1.29 is 9.18 Å². The number of amides is 1. The van der Waals surface area contributed by atoms with Crippen LogP contribution in [0.2, 0.25) is 0 Å². The topological polar surface area (TPSA) is 33.2 Å². The number of aromatic nitrogens is 1. The molecular formula is C12H15FN2OS. The Kier molecular flexibility index (Phi) is 2.65. The van der Waals surface area contributed by atoms with E-state index in [0.29, 0.717) is 18.5 Å². The number of aryl methyl sites for hydroxylation is 1. The van der Waals surface area contributed by atoms with Gasteiger partial charge in [-0.05, 0) is 32.6 Å². The Bertz CT molecular complexity index is 433. The molecule has 2 atom stereocenters. The average molecular weight is 254 g/mol. The third kappa shape index (κ3) is 1.86. The van der Waals surface area contributed by atoms with Crippen molar-refractivity contribution in [2.45, 2.75) is 50.9 Å². The number of carbonyl (C=O) groups excluding carboxylic acids is 1.